The monoisotopic (exact) mass is 292 g/mol. The fraction of sp³-hybridized carbons (Fsp3) is 0.455. The highest BCUT2D eigenvalue weighted by Crippen LogP contribution is 2.25. The molecule has 1 unspecified atom stereocenters. The van der Waals surface area contributed by atoms with E-state index in [1.807, 2.05) is 0 Å². The molecule has 0 aromatic heterocycles. The number of benzene rings is 1. The average Bonchev–Trinajstić information content (AvgIpc) is 2.22. The second-order valence-corrected chi connectivity index (χ2v) is 6.21. The molecule has 0 aliphatic heterocycles. The maximum Gasteiger partial charge on any atom is 0.241 e. The number of sulfonamides is 1. The second kappa shape index (κ2) is 5.88. The van der Waals surface area contributed by atoms with Gasteiger partial charge in [0, 0.05) is 23.9 Å². The highest BCUT2D eigenvalue weighted by molar-refractivity contribution is 7.89. The maximum atomic E-state index is 12.2. The van der Waals surface area contributed by atoms with Crippen LogP contribution in [0.5, 0.6) is 0 Å². The van der Waals surface area contributed by atoms with E-state index in [9.17, 15) is 8.42 Å². The lowest BCUT2D eigenvalue weighted by molar-refractivity contribution is 0.180. The van der Waals surface area contributed by atoms with Crippen LogP contribution in [0, 0.1) is 6.92 Å². The van der Waals surface area contributed by atoms with Gasteiger partial charge in [0.05, 0.1) is 11.5 Å². The number of nitrogen functional groups attached to an aromatic ring is 1. The summed E-state index contributed by atoms with van der Waals surface area (Å²) in [4.78, 5) is 0.0930. The number of rotatable bonds is 5. The highest BCUT2D eigenvalue weighted by Gasteiger charge is 2.21. The molecule has 5 nitrogen and oxygen atoms in total. The molecule has 102 valence electrons. The molecule has 0 aliphatic rings. The number of nitrogens with one attached hydrogen (secondary N) is 1. The Labute approximate surface area is 112 Å². The first-order valence-electron chi connectivity index (χ1n) is 5.35. The van der Waals surface area contributed by atoms with Crippen molar-refractivity contribution in [3.8, 4) is 0 Å². The number of hydrogen-bond donors (Lipinski definition) is 2. The van der Waals surface area contributed by atoms with Crippen LogP contribution in [0.2, 0.25) is 5.02 Å². The number of halogens is 1. The van der Waals surface area contributed by atoms with Crippen molar-refractivity contribution in [1.82, 2.24) is 4.72 Å². The molecule has 0 heterocycles. The Morgan fingerprint density at radius 3 is 2.67 bits per heavy atom. The van der Waals surface area contributed by atoms with E-state index in [4.69, 9.17) is 22.1 Å². The van der Waals surface area contributed by atoms with Gasteiger partial charge in [-0.25, -0.2) is 13.1 Å². The van der Waals surface area contributed by atoms with Crippen LogP contribution in [-0.2, 0) is 14.8 Å². The summed E-state index contributed by atoms with van der Waals surface area (Å²) in [5.41, 5.74) is 6.54. The quantitative estimate of drug-likeness (QED) is 0.807. The van der Waals surface area contributed by atoms with E-state index in [-0.39, 0.29) is 22.6 Å². The maximum absolute atomic E-state index is 12.2. The summed E-state index contributed by atoms with van der Waals surface area (Å²) in [7, 11) is -2.14. The molecule has 1 rings (SSSR count). The zero-order chi connectivity index (χ0) is 13.9. The molecule has 0 fully saturated rings. The summed E-state index contributed by atoms with van der Waals surface area (Å²) in [5.74, 6) is 0. The first-order valence-corrected chi connectivity index (χ1v) is 7.21. The summed E-state index contributed by atoms with van der Waals surface area (Å²) >= 11 is 5.83. The fourth-order valence-electron chi connectivity index (χ4n) is 1.57. The lowest BCUT2D eigenvalue weighted by Crippen LogP contribution is -2.36. The summed E-state index contributed by atoms with van der Waals surface area (Å²) in [6.45, 7) is 3.64. The molecule has 1 aromatic carbocycles. The van der Waals surface area contributed by atoms with Gasteiger partial charge < -0.3 is 10.5 Å². The Kier molecular flexibility index (Phi) is 4.98. The van der Waals surface area contributed by atoms with E-state index in [1.54, 1.807) is 13.8 Å². The van der Waals surface area contributed by atoms with Gasteiger partial charge in [0.15, 0.2) is 0 Å². The van der Waals surface area contributed by atoms with Gasteiger partial charge in [0.2, 0.25) is 10.0 Å². The minimum atomic E-state index is -3.65. The second-order valence-electron chi connectivity index (χ2n) is 4.10. The summed E-state index contributed by atoms with van der Waals surface area (Å²) in [6.07, 6.45) is 0. The number of hydrogen-bond acceptors (Lipinski definition) is 4. The Balaban J connectivity index is 3.13. The predicted octanol–water partition coefficient (Wildman–Crippen LogP) is 1.54. The Morgan fingerprint density at radius 2 is 2.11 bits per heavy atom. The largest absolute Gasteiger partial charge is 0.398 e. The highest BCUT2D eigenvalue weighted by atomic mass is 35.5. The average molecular weight is 293 g/mol. The molecular formula is C11H17ClN2O3S. The van der Waals surface area contributed by atoms with E-state index >= 15 is 0 Å². The van der Waals surface area contributed by atoms with Crippen molar-refractivity contribution >= 4 is 27.3 Å². The third kappa shape index (κ3) is 3.58. The standard InChI is InChI=1S/C11H17ClN2O3S/c1-7(6-17-3)14-18(15,16)11-5-9(12)4-10(13)8(11)2/h4-5,7,14H,6,13H2,1-3H3. The molecule has 0 amide bonds. The molecule has 0 saturated carbocycles. The number of anilines is 1. The van der Waals surface area contributed by atoms with Crippen LogP contribution in [0.15, 0.2) is 17.0 Å². The van der Waals surface area contributed by atoms with Crippen molar-refractivity contribution < 1.29 is 13.2 Å². The van der Waals surface area contributed by atoms with E-state index in [0.29, 0.717) is 11.3 Å². The summed E-state index contributed by atoms with van der Waals surface area (Å²) in [5, 5.41) is 0.290. The van der Waals surface area contributed by atoms with E-state index < -0.39 is 10.0 Å². The summed E-state index contributed by atoms with van der Waals surface area (Å²) in [6, 6.07) is 2.57. The molecule has 3 N–H and O–H groups in total. The van der Waals surface area contributed by atoms with E-state index in [1.165, 1.54) is 19.2 Å². The van der Waals surface area contributed by atoms with Crippen LogP contribution in [0.25, 0.3) is 0 Å². The van der Waals surface area contributed by atoms with Crippen molar-refractivity contribution in [1.29, 1.82) is 0 Å². The van der Waals surface area contributed by atoms with Crippen LogP contribution in [0.3, 0.4) is 0 Å². The summed E-state index contributed by atoms with van der Waals surface area (Å²) < 4.78 is 31.7. The van der Waals surface area contributed by atoms with Gasteiger partial charge in [-0.3, -0.25) is 0 Å². The predicted molar refractivity (Wildman–Crippen MR) is 72.3 cm³/mol. The van der Waals surface area contributed by atoms with Crippen LogP contribution < -0.4 is 10.5 Å². The molecular weight excluding hydrogens is 276 g/mol. The van der Waals surface area contributed by atoms with Crippen molar-refractivity contribution in [2.45, 2.75) is 24.8 Å². The molecule has 0 aliphatic carbocycles. The molecule has 0 saturated heterocycles. The van der Waals surface area contributed by atoms with E-state index in [0.717, 1.165) is 0 Å². The van der Waals surface area contributed by atoms with Gasteiger partial charge in [-0.1, -0.05) is 11.6 Å². The first kappa shape index (κ1) is 15.2. The molecule has 18 heavy (non-hydrogen) atoms. The van der Waals surface area contributed by atoms with Crippen LogP contribution in [0.1, 0.15) is 12.5 Å². The fourth-order valence-corrected chi connectivity index (χ4v) is 3.38. The molecule has 0 radical (unpaired) electrons. The first-order chi connectivity index (χ1) is 8.27. The third-order valence-corrected chi connectivity index (χ3v) is 4.36. The topological polar surface area (TPSA) is 81.4 Å². The Morgan fingerprint density at radius 1 is 1.50 bits per heavy atom. The van der Waals surface area contributed by atoms with Crippen LogP contribution in [-0.4, -0.2) is 28.2 Å². The van der Waals surface area contributed by atoms with Gasteiger partial charge in [-0.05, 0) is 31.5 Å². The number of methoxy groups -OCH3 is 1. The SMILES string of the molecule is COCC(C)NS(=O)(=O)c1cc(Cl)cc(N)c1C. The lowest BCUT2D eigenvalue weighted by atomic mass is 10.2. The van der Waals surface area contributed by atoms with Crippen molar-refractivity contribution in [2.24, 2.45) is 0 Å². The van der Waals surface area contributed by atoms with Crippen LogP contribution in [0.4, 0.5) is 5.69 Å². The van der Waals surface area contributed by atoms with Gasteiger partial charge >= 0.3 is 0 Å². The van der Waals surface area contributed by atoms with Gasteiger partial charge in [0.1, 0.15) is 0 Å². The van der Waals surface area contributed by atoms with Gasteiger partial charge in [-0.15, -0.1) is 0 Å². The van der Waals surface area contributed by atoms with Gasteiger partial charge in [-0.2, -0.15) is 0 Å². The van der Waals surface area contributed by atoms with Crippen LogP contribution >= 0.6 is 11.6 Å². The molecule has 0 bridgehead atoms. The molecule has 7 heteroatoms. The van der Waals surface area contributed by atoms with Crippen molar-refractivity contribution in [3.63, 3.8) is 0 Å². The van der Waals surface area contributed by atoms with E-state index in [2.05, 4.69) is 4.72 Å². The normalized spacial score (nSPS) is 13.6. The molecule has 0 spiro atoms. The zero-order valence-electron chi connectivity index (χ0n) is 10.5. The third-order valence-electron chi connectivity index (χ3n) is 2.43. The smallest absolute Gasteiger partial charge is 0.241 e. The lowest BCUT2D eigenvalue weighted by Gasteiger charge is -2.15. The molecule has 1 aromatic rings. The number of ether oxygens (including phenoxy) is 1. The van der Waals surface area contributed by atoms with Crippen molar-refractivity contribution in [3.05, 3.63) is 22.7 Å². The van der Waals surface area contributed by atoms with Gasteiger partial charge in [0.25, 0.3) is 0 Å². The minimum Gasteiger partial charge on any atom is -0.398 e. The Bertz CT molecular complexity index is 531. The van der Waals surface area contributed by atoms with Crippen molar-refractivity contribution in [2.75, 3.05) is 19.5 Å². The molecule has 1 atom stereocenters. The zero-order valence-corrected chi connectivity index (χ0v) is 12.1. The Hall–Kier alpha value is -0.820. The minimum absolute atomic E-state index is 0.0930. The number of nitrogens with two attached hydrogens (primary N) is 1.